The van der Waals surface area contributed by atoms with E-state index < -0.39 is 45.9 Å². The van der Waals surface area contributed by atoms with Gasteiger partial charge in [-0.1, -0.05) is 37.5 Å². The number of aromatic nitrogens is 4. The van der Waals surface area contributed by atoms with E-state index in [1.165, 1.54) is 26.0 Å². The summed E-state index contributed by atoms with van der Waals surface area (Å²) in [4.78, 5) is 33.4. The molecular weight excluding hydrogens is 807 g/mol. The van der Waals surface area contributed by atoms with Crippen molar-refractivity contribution in [1.29, 1.82) is 0 Å². The molecule has 0 spiro atoms. The highest BCUT2D eigenvalue weighted by Crippen LogP contribution is 2.56. The number of rotatable bonds is 4. The Morgan fingerprint density at radius 3 is 1.67 bits per heavy atom. The molecule has 2 aromatic heterocycles. The number of nitrogens with two attached hydrogens (primary N) is 2. The van der Waals surface area contributed by atoms with Gasteiger partial charge in [0.05, 0.1) is 22.5 Å². The van der Waals surface area contributed by atoms with Gasteiger partial charge in [0, 0.05) is 23.2 Å². The number of amides is 2. The fraction of sp³-hybridized carbons (Fsp3) is 0.510. The van der Waals surface area contributed by atoms with E-state index in [-0.39, 0.29) is 46.4 Å². The fourth-order valence-corrected chi connectivity index (χ4v) is 10.1. The summed E-state index contributed by atoms with van der Waals surface area (Å²) in [5, 5.41) is 42.3. The first-order valence-corrected chi connectivity index (χ1v) is 22.1. The zero-order chi connectivity index (χ0) is 45.6. The summed E-state index contributed by atoms with van der Waals surface area (Å²) in [7, 11) is 0. The van der Waals surface area contributed by atoms with Crippen molar-refractivity contribution >= 4 is 11.8 Å². The highest BCUT2D eigenvalue weighted by Gasteiger charge is 2.49. The third kappa shape index (κ3) is 7.75. The van der Waals surface area contributed by atoms with Crippen LogP contribution in [0.2, 0.25) is 0 Å². The van der Waals surface area contributed by atoms with E-state index in [4.69, 9.17) is 11.5 Å². The molecule has 0 radical (unpaired) electrons. The molecule has 12 nitrogen and oxygen atoms in total. The maximum atomic E-state index is 15.0. The number of nitrogens with zero attached hydrogens (tertiary/aromatic N) is 4. The molecule has 14 heteroatoms. The summed E-state index contributed by atoms with van der Waals surface area (Å²) in [6.07, 6.45) is 8.17. The van der Waals surface area contributed by atoms with Crippen LogP contribution in [-0.4, -0.2) is 62.5 Å². The fourth-order valence-electron chi connectivity index (χ4n) is 10.1. The summed E-state index contributed by atoms with van der Waals surface area (Å²) < 4.78 is 33.6. The van der Waals surface area contributed by atoms with Gasteiger partial charge in [-0.2, -0.15) is 0 Å². The van der Waals surface area contributed by atoms with E-state index in [2.05, 4.69) is 33.6 Å². The van der Waals surface area contributed by atoms with Crippen LogP contribution in [0.5, 0.6) is 0 Å². The van der Waals surface area contributed by atoms with Crippen LogP contribution < -0.4 is 11.5 Å². The standard InChI is InChI=1S/C24H26FN3O3.C23H24FN3O3.C2H6/c1-23(2,30)20-19(21(26)29)27-22-17-11-13(5-8-24(31)6-3-4-7-24)18(25)12-16(17)14-9-15(10-14)28(20)22;1-22(2,29)7-4-12-10-16-15(11-17(12)24)13-8-14(9-13)27-19(23(30)5-3-6-23)18(20(25)28)26-21(16)27;1-2/h11-12,14-15,30-31H,3-4,6-7,9-10H2,1-2H3,(H2,26,29);10-11,13-14,29-30H,3,5-6,8-9H2,1-2H3,(H2,25,28);1-2H3. The summed E-state index contributed by atoms with van der Waals surface area (Å²) >= 11 is 0. The van der Waals surface area contributed by atoms with Crippen molar-refractivity contribution < 1.29 is 38.8 Å². The van der Waals surface area contributed by atoms with Crippen LogP contribution in [0.1, 0.15) is 191 Å². The number of imidazole rings is 2. The number of halogens is 2. The van der Waals surface area contributed by atoms with E-state index in [0.717, 1.165) is 56.1 Å². The topological polar surface area (TPSA) is 203 Å². The Morgan fingerprint density at radius 1 is 0.730 bits per heavy atom. The van der Waals surface area contributed by atoms with Crippen molar-refractivity contribution in [2.45, 2.75) is 158 Å². The molecule has 12 rings (SSSR count). The highest BCUT2D eigenvalue weighted by atomic mass is 19.1. The van der Waals surface area contributed by atoms with Crippen LogP contribution in [0.3, 0.4) is 0 Å². The zero-order valence-corrected chi connectivity index (χ0v) is 36.7. The lowest BCUT2D eigenvalue weighted by Crippen LogP contribution is -2.40. The number of hydrogen-bond acceptors (Lipinski definition) is 8. The third-order valence-corrected chi connectivity index (χ3v) is 13.5. The largest absolute Gasteiger partial charge is 0.384 e. The second-order valence-electron chi connectivity index (χ2n) is 19.0. The molecular formula is C49H56F2N6O6. The van der Waals surface area contributed by atoms with Crippen molar-refractivity contribution in [3.63, 3.8) is 0 Å². The minimum absolute atomic E-state index is 0.0380. The zero-order valence-electron chi connectivity index (χ0n) is 36.7. The molecule has 332 valence electrons. The van der Waals surface area contributed by atoms with Gasteiger partial charge in [-0.3, -0.25) is 9.59 Å². The lowest BCUT2D eigenvalue weighted by Gasteiger charge is -2.41. The van der Waals surface area contributed by atoms with Crippen LogP contribution >= 0.6 is 0 Å². The Kier molecular flexibility index (Phi) is 11.0. The predicted molar refractivity (Wildman–Crippen MR) is 232 cm³/mol. The van der Waals surface area contributed by atoms with Crippen molar-refractivity contribution in [2.24, 2.45) is 11.5 Å². The number of aliphatic hydroxyl groups is 4. The van der Waals surface area contributed by atoms with E-state index in [9.17, 15) is 38.8 Å². The molecule has 4 bridgehead atoms. The van der Waals surface area contributed by atoms with Crippen molar-refractivity contribution in [1.82, 2.24) is 19.1 Å². The smallest absolute Gasteiger partial charge is 0.269 e. The summed E-state index contributed by atoms with van der Waals surface area (Å²) in [6.45, 7) is 10.3. The minimum Gasteiger partial charge on any atom is -0.384 e. The monoisotopic (exact) mass is 862 g/mol. The van der Waals surface area contributed by atoms with Gasteiger partial charge in [0.1, 0.15) is 45.7 Å². The maximum absolute atomic E-state index is 15.0. The van der Waals surface area contributed by atoms with Gasteiger partial charge in [0.2, 0.25) is 0 Å². The van der Waals surface area contributed by atoms with Gasteiger partial charge in [-0.25, -0.2) is 18.7 Å². The number of carbonyl (C=O) groups is 2. The van der Waals surface area contributed by atoms with Gasteiger partial charge < -0.3 is 41.0 Å². The van der Waals surface area contributed by atoms with Gasteiger partial charge >= 0.3 is 0 Å². The maximum Gasteiger partial charge on any atom is 0.269 e. The lowest BCUT2D eigenvalue weighted by atomic mass is 9.73. The lowest BCUT2D eigenvalue weighted by molar-refractivity contribution is -0.0481. The van der Waals surface area contributed by atoms with E-state index in [0.29, 0.717) is 59.8 Å². The van der Waals surface area contributed by atoms with E-state index in [1.807, 2.05) is 23.0 Å². The molecule has 4 aromatic rings. The molecule has 8 N–H and O–H groups in total. The quantitative estimate of drug-likeness (QED) is 0.120. The number of carbonyl (C=O) groups excluding carboxylic acids is 2. The molecule has 8 aliphatic rings. The highest BCUT2D eigenvalue weighted by molar-refractivity contribution is 5.94. The van der Waals surface area contributed by atoms with Gasteiger partial charge in [0.15, 0.2) is 11.4 Å². The summed E-state index contributed by atoms with van der Waals surface area (Å²) in [6, 6.07) is 6.46. The Balaban J connectivity index is 0.000000166. The average Bonchev–Trinajstić information content (AvgIpc) is 3.82. The van der Waals surface area contributed by atoms with Crippen LogP contribution in [0, 0.1) is 35.3 Å². The van der Waals surface area contributed by atoms with Crippen LogP contribution in [0.25, 0.3) is 22.8 Å². The van der Waals surface area contributed by atoms with Crippen molar-refractivity contribution in [2.75, 3.05) is 0 Å². The molecule has 0 unspecified atom stereocenters. The van der Waals surface area contributed by atoms with Crippen LogP contribution in [-0.2, 0) is 11.2 Å². The Morgan fingerprint density at radius 2 is 1.21 bits per heavy atom. The minimum atomic E-state index is -1.32. The Bertz CT molecular complexity index is 2660. The molecule has 0 atom stereocenters. The van der Waals surface area contributed by atoms with Crippen molar-refractivity contribution in [3.05, 3.63) is 80.9 Å². The molecule has 4 saturated carbocycles. The molecule has 0 saturated heterocycles. The molecule has 6 heterocycles. The number of benzene rings is 2. The van der Waals surface area contributed by atoms with E-state index in [1.54, 1.807) is 26.0 Å². The summed E-state index contributed by atoms with van der Waals surface area (Å²) in [5.74, 6) is 10.3. The molecule has 2 amide bonds. The van der Waals surface area contributed by atoms with Gasteiger partial charge in [-0.15, -0.1) is 0 Å². The molecule has 63 heavy (non-hydrogen) atoms. The number of primary amides is 2. The van der Waals surface area contributed by atoms with Gasteiger partial charge in [-0.05, 0) is 146 Å². The summed E-state index contributed by atoms with van der Waals surface area (Å²) in [5.41, 5.74) is 10.9. The van der Waals surface area contributed by atoms with Gasteiger partial charge in [0.25, 0.3) is 11.8 Å². The predicted octanol–water partition coefficient (Wildman–Crippen LogP) is 6.84. The molecule has 4 aliphatic heterocycles. The SMILES string of the molecule is CC.CC(C)(O)C#Cc1cc2c(cc1F)C1CC(C1)n1c-2nc(C(N)=O)c1C1(O)CCC1.CC(C)(O)c1c(C(N)=O)nc2n1C1CC(C1)c1cc(F)c(C#CC3(O)CCCC3)cc1-2. The van der Waals surface area contributed by atoms with Crippen molar-refractivity contribution in [3.8, 4) is 46.5 Å². The molecule has 4 fully saturated rings. The third-order valence-electron chi connectivity index (χ3n) is 13.5. The number of hydrogen-bond donors (Lipinski definition) is 6. The Hall–Kier alpha value is -5.38. The Labute approximate surface area is 366 Å². The van der Waals surface area contributed by atoms with Crippen LogP contribution in [0.15, 0.2) is 24.3 Å². The first-order chi connectivity index (χ1) is 29.6. The second kappa shape index (κ2) is 15.7. The van der Waals surface area contributed by atoms with Crippen LogP contribution in [0.4, 0.5) is 8.78 Å². The normalized spacial score (nSPS) is 22.5. The first kappa shape index (κ1) is 44.2. The molecule has 2 aromatic carbocycles. The van der Waals surface area contributed by atoms with E-state index >= 15 is 0 Å². The first-order valence-electron chi connectivity index (χ1n) is 22.1. The molecule has 4 aliphatic carbocycles. The average molecular weight is 863 g/mol. The second-order valence-corrected chi connectivity index (χ2v) is 19.0.